The highest BCUT2D eigenvalue weighted by atomic mass is 19.1. The third-order valence-electron chi connectivity index (χ3n) is 4.49. The molecule has 6 nitrogen and oxygen atoms in total. The molecule has 1 aromatic heterocycles. The number of halogens is 1. The zero-order chi connectivity index (χ0) is 19.2. The highest BCUT2D eigenvalue weighted by molar-refractivity contribution is 5.93. The summed E-state index contributed by atoms with van der Waals surface area (Å²) in [6, 6.07) is 11.3. The average molecular weight is 370 g/mol. The largest absolute Gasteiger partial charge is 0.325 e. The first kappa shape index (κ1) is 19.0. The van der Waals surface area contributed by atoms with Crippen LogP contribution in [-0.4, -0.2) is 41.3 Å². The van der Waals surface area contributed by atoms with Crippen LogP contribution in [0.15, 0.2) is 42.5 Å². The Labute approximate surface area is 157 Å². The molecule has 0 aliphatic carbocycles. The van der Waals surface area contributed by atoms with Gasteiger partial charge in [-0.2, -0.15) is 0 Å². The van der Waals surface area contributed by atoms with E-state index in [4.69, 9.17) is 0 Å². The topological polar surface area (TPSA) is 74.3 Å². The van der Waals surface area contributed by atoms with E-state index in [1.54, 1.807) is 18.2 Å². The van der Waals surface area contributed by atoms with Gasteiger partial charge >= 0.3 is 0 Å². The Morgan fingerprint density at radius 1 is 1.22 bits per heavy atom. The van der Waals surface area contributed by atoms with Gasteiger partial charge in [-0.15, -0.1) is 0 Å². The molecule has 1 fully saturated rings. The summed E-state index contributed by atoms with van der Waals surface area (Å²) >= 11 is 0. The van der Waals surface area contributed by atoms with Crippen LogP contribution in [0, 0.1) is 18.7 Å². The summed E-state index contributed by atoms with van der Waals surface area (Å²) < 4.78 is 13.2. The zero-order valence-electron chi connectivity index (χ0n) is 15.2. The molecule has 2 amide bonds. The normalized spacial score (nSPS) is 17.3. The number of nitrogens with one attached hydrogen (secondary N) is 2. The van der Waals surface area contributed by atoms with Crippen LogP contribution < -0.4 is 10.6 Å². The molecule has 1 aliphatic heterocycles. The molecule has 2 aromatic rings. The molecule has 1 aromatic carbocycles. The molecule has 0 saturated carbocycles. The van der Waals surface area contributed by atoms with Gasteiger partial charge in [0.1, 0.15) is 11.6 Å². The number of pyridine rings is 1. The van der Waals surface area contributed by atoms with Gasteiger partial charge in [0, 0.05) is 17.9 Å². The van der Waals surface area contributed by atoms with Gasteiger partial charge in [-0.1, -0.05) is 12.1 Å². The van der Waals surface area contributed by atoms with Crippen molar-refractivity contribution in [2.75, 3.05) is 30.3 Å². The maximum Gasteiger partial charge on any atom is 0.238 e. The summed E-state index contributed by atoms with van der Waals surface area (Å²) in [5, 5.41) is 5.54. The summed E-state index contributed by atoms with van der Waals surface area (Å²) in [5.74, 6) is -0.346. The molecule has 2 N–H and O–H groups in total. The lowest BCUT2D eigenvalue weighted by molar-refractivity contribution is -0.123. The van der Waals surface area contributed by atoms with E-state index in [1.165, 1.54) is 12.1 Å². The van der Waals surface area contributed by atoms with Crippen LogP contribution >= 0.6 is 0 Å². The van der Waals surface area contributed by atoms with Crippen LogP contribution in [0.25, 0.3) is 0 Å². The smallest absolute Gasteiger partial charge is 0.238 e. The SMILES string of the molecule is Cc1cccc(NC(=O)C2CCCN(CC(=O)Nc3cccc(F)c3)C2)n1. The Balaban J connectivity index is 1.52. The molecule has 0 bridgehead atoms. The second-order valence-corrected chi connectivity index (χ2v) is 6.79. The van der Waals surface area contributed by atoms with Gasteiger partial charge in [-0.05, 0) is 56.6 Å². The van der Waals surface area contributed by atoms with E-state index in [0.717, 1.165) is 25.1 Å². The number of hydrogen-bond donors (Lipinski definition) is 2. The van der Waals surface area contributed by atoms with E-state index in [9.17, 15) is 14.0 Å². The lowest BCUT2D eigenvalue weighted by Gasteiger charge is -2.31. The molecule has 7 heteroatoms. The van der Waals surface area contributed by atoms with Crippen molar-refractivity contribution < 1.29 is 14.0 Å². The number of anilines is 2. The number of aryl methyl sites for hydroxylation is 1. The Kier molecular flexibility index (Phi) is 6.13. The maximum atomic E-state index is 13.2. The van der Waals surface area contributed by atoms with E-state index in [2.05, 4.69) is 15.6 Å². The van der Waals surface area contributed by atoms with Crippen molar-refractivity contribution in [1.82, 2.24) is 9.88 Å². The molecule has 0 radical (unpaired) electrons. The minimum absolute atomic E-state index is 0.0802. The molecular weight excluding hydrogens is 347 g/mol. The molecule has 1 saturated heterocycles. The number of carbonyl (C=O) groups is 2. The molecule has 1 atom stereocenters. The van der Waals surface area contributed by atoms with Gasteiger partial charge < -0.3 is 10.6 Å². The van der Waals surface area contributed by atoms with Gasteiger partial charge in [-0.3, -0.25) is 14.5 Å². The van der Waals surface area contributed by atoms with Gasteiger partial charge in [0.15, 0.2) is 0 Å². The van der Waals surface area contributed by atoms with Crippen molar-refractivity contribution in [2.45, 2.75) is 19.8 Å². The van der Waals surface area contributed by atoms with Crippen LogP contribution in [0.4, 0.5) is 15.9 Å². The third-order valence-corrected chi connectivity index (χ3v) is 4.49. The fourth-order valence-electron chi connectivity index (χ4n) is 3.22. The average Bonchev–Trinajstić information content (AvgIpc) is 2.62. The van der Waals surface area contributed by atoms with Crippen molar-refractivity contribution in [1.29, 1.82) is 0 Å². The van der Waals surface area contributed by atoms with Gasteiger partial charge in [0.2, 0.25) is 11.8 Å². The summed E-state index contributed by atoms with van der Waals surface area (Å²) in [6.07, 6.45) is 1.62. The van der Waals surface area contributed by atoms with Crippen LogP contribution in [0.3, 0.4) is 0 Å². The maximum absolute atomic E-state index is 13.2. The minimum Gasteiger partial charge on any atom is -0.325 e. The number of hydrogen-bond acceptors (Lipinski definition) is 4. The Morgan fingerprint density at radius 3 is 2.81 bits per heavy atom. The Morgan fingerprint density at radius 2 is 2.04 bits per heavy atom. The van der Waals surface area contributed by atoms with E-state index < -0.39 is 5.82 Å². The van der Waals surface area contributed by atoms with Gasteiger partial charge in [0.25, 0.3) is 0 Å². The fraction of sp³-hybridized carbons (Fsp3) is 0.350. The quantitative estimate of drug-likeness (QED) is 0.849. The second-order valence-electron chi connectivity index (χ2n) is 6.79. The molecule has 3 rings (SSSR count). The molecule has 27 heavy (non-hydrogen) atoms. The lowest BCUT2D eigenvalue weighted by atomic mass is 9.97. The highest BCUT2D eigenvalue weighted by Gasteiger charge is 2.27. The van der Waals surface area contributed by atoms with Crippen LogP contribution in [-0.2, 0) is 9.59 Å². The minimum atomic E-state index is -0.396. The van der Waals surface area contributed by atoms with Crippen molar-refractivity contribution in [3.8, 4) is 0 Å². The van der Waals surface area contributed by atoms with E-state index in [0.29, 0.717) is 18.1 Å². The standard InChI is InChI=1S/C20H23FN4O2/c1-14-5-2-9-18(22-14)24-20(27)15-6-4-10-25(12-15)13-19(26)23-17-8-3-7-16(21)11-17/h2-3,5,7-9,11,15H,4,6,10,12-13H2,1H3,(H,23,26)(H,22,24,27). The van der Waals surface area contributed by atoms with Crippen molar-refractivity contribution >= 4 is 23.3 Å². The molecule has 0 spiro atoms. The number of nitrogens with zero attached hydrogens (tertiary/aromatic N) is 2. The summed E-state index contributed by atoms with van der Waals surface area (Å²) in [6.45, 7) is 3.30. The Bertz CT molecular complexity index is 827. The number of piperidine rings is 1. The van der Waals surface area contributed by atoms with E-state index in [1.807, 2.05) is 24.0 Å². The second kappa shape index (κ2) is 8.73. The van der Waals surface area contributed by atoms with Crippen LogP contribution in [0.1, 0.15) is 18.5 Å². The van der Waals surface area contributed by atoms with E-state index >= 15 is 0 Å². The monoisotopic (exact) mass is 370 g/mol. The van der Waals surface area contributed by atoms with Gasteiger partial charge in [-0.25, -0.2) is 9.37 Å². The van der Waals surface area contributed by atoms with Crippen molar-refractivity contribution in [2.24, 2.45) is 5.92 Å². The first-order valence-electron chi connectivity index (χ1n) is 9.02. The predicted octanol–water partition coefficient (Wildman–Crippen LogP) is 2.82. The lowest BCUT2D eigenvalue weighted by Crippen LogP contribution is -2.44. The number of aromatic nitrogens is 1. The van der Waals surface area contributed by atoms with Crippen LogP contribution in [0.5, 0.6) is 0 Å². The summed E-state index contributed by atoms with van der Waals surface area (Å²) in [7, 11) is 0. The predicted molar refractivity (Wildman–Crippen MR) is 102 cm³/mol. The summed E-state index contributed by atoms with van der Waals surface area (Å²) in [4.78, 5) is 31.0. The molecule has 142 valence electrons. The first-order chi connectivity index (χ1) is 13.0. The van der Waals surface area contributed by atoms with Crippen molar-refractivity contribution in [3.05, 3.63) is 54.0 Å². The number of benzene rings is 1. The number of likely N-dealkylation sites (tertiary alicyclic amines) is 1. The zero-order valence-corrected chi connectivity index (χ0v) is 15.2. The molecular formula is C20H23FN4O2. The number of rotatable bonds is 5. The molecule has 2 heterocycles. The first-order valence-corrected chi connectivity index (χ1v) is 9.02. The highest BCUT2D eigenvalue weighted by Crippen LogP contribution is 2.18. The summed E-state index contributed by atoms with van der Waals surface area (Å²) in [5.41, 5.74) is 1.27. The third kappa shape index (κ3) is 5.59. The number of carbonyl (C=O) groups excluding carboxylic acids is 2. The van der Waals surface area contributed by atoms with Crippen molar-refractivity contribution in [3.63, 3.8) is 0 Å². The Hall–Kier alpha value is -2.80. The van der Waals surface area contributed by atoms with E-state index in [-0.39, 0.29) is 24.3 Å². The number of amides is 2. The molecule has 1 unspecified atom stereocenters. The fourth-order valence-corrected chi connectivity index (χ4v) is 3.22. The van der Waals surface area contributed by atoms with Gasteiger partial charge in [0.05, 0.1) is 12.5 Å². The molecule has 1 aliphatic rings. The van der Waals surface area contributed by atoms with Crippen LogP contribution in [0.2, 0.25) is 0 Å².